The molecule has 0 radical (unpaired) electrons. The molecule has 0 aliphatic carbocycles. The van der Waals surface area contributed by atoms with E-state index in [0.29, 0.717) is 57.8 Å². The van der Waals surface area contributed by atoms with Gasteiger partial charge in [0.1, 0.15) is 0 Å². The minimum absolute atomic E-state index is 0.0746. The highest BCUT2D eigenvalue weighted by atomic mass is 32.2. The number of anilines is 1. The highest BCUT2D eigenvalue weighted by Gasteiger charge is 2.31. The Morgan fingerprint density at radius 3 is 2.29 bits per heavy atom. The maximum Gasteiger partial charge on any atom is 0.256 e. The number of sulfonamides is 1. The molecule has 8 nitrogen and oxygen atoms in total. The van der Waals surface area contributed by atoms with Gasteiger partial charge in [0.15, 0.2) is 0 Å². The van der Waals surface area contributed by atoms with Crippen LogP contribution in [0.3, 0.4) is 0 Å². The molecule has 1 atom stereocenters. The summed E-state index contributed by atoms with van der Waals surface area (Å²) in [6, 6.07) is 14.4. The highest BCUT2D eigenvalue weighted by molar-refractivity contribution is 7.89. The van der Waals surface area contributed by atoms with E-state index in [2.05, 4.69) is 4.90 Å². The molecule has 0 bridgehead atoms. The zero-order chi connectivity index (χ0) is 24.3. The molecule has 34 heavy (non-hydrogen) atoms. The van der Waals surface area contributed by atoms with Gasteiger partial charge in [-0.15, -0.1) is 0 Å². The summed E-state index contributed by atoms with van der Waals surface area (Å²) in [4.78, 5) is 17.6. The summed E-state index contributed by atoms with van der Waals surface area (Å²) in [5.41, 5.74) is 2.02. The monoisotopic (exact) mass is 487 g/mol. The largest absolute Gasteiger partial charge is 0.388 e. The molecule has 2 aliphatic heterocycles. The molecule has 2 aromatic carbocycles. The lowest BCUT2D eigenvalue weighted by molar-refractivity contribution is 0.0462. The highest BCUT2D eigenvalue weighted by Crippen LogP contribution is 2.33. The second kappa shape index (κ2) is 10.4. The van der Waals surface area contributed by atoms with Crippen LogP contribution in [-0.2, 0) is 14.8 Å². The number of morpholine rings is 1. The molecule has 9 heteroatoms. The molecule has 2 fully saturated rings. The topological polar surface area (TPSA) is 90.4 Å². The number of aliphatic hydroxyl groups excluding tert-OH is 1. The van der Waals surface area contributed by atoms with Gasteiger partial charge in [0.05, 0.1) is 29.8 Å². The van der Waals surface area contributed by atoms with Crippen molar-refractivity contribution in [2.24, 2.45) is 5.92 Å². The van der Waals surface area contributed by atoms with Gasteiger partial charge in [0.2, 0.25) is 10.0 Å². The fourth-order valence-corrected chi connectivity index (χ4v) is 5.58. The number of carbonyl (C=O) groups excluding carboxylic acids is 1. The van der Waals surface area contributed by atoms with Gasteiger partial charge < -0.3 is 19.6 Å². The Morgan fingerprint density at radius 2 is 1.68 bits per heavy atom. The molecule has 2 aliphatic rings. The van der Waals surface area contributed by atoms with Crippen molar-refractivity contribution in [3.05, 3.63) is 59.7 Å². The van der Waals surface area contributed by atoms with E-state index in [-0.39, 0.29) is 16.7 Å². The first-order valence-electron chi connectivity index (χ1n) is 11.7. The maximum absolute atomic E-state index is 13.7. The van der Waals surface area contributed by atoms with Crippen molar-refractivity contribution in [3.63, 3.8) is 0 Å². The average molecular weight is 488 g/mol. The molecule has 0 aromatic heterocycles. The normalized spacial score (nSPS) is 18.8. The first kappa shape index (κ1) is 24.7. The summed E-state index contributed by atoms with van der Waals surface area (Å²) >= 11 is 0. The van der Waals surface area contributed by atoms with E-state index in [1.165, 1.54) is 20.2 Å². The van der Waals surface area contributed by atoms with Crippen LogP contribution >= 0.6 is 0 Å². The summed E-state index contributed by atoms with van der Waals surface area (Å²) in [5.74, 6) is -0.101. The third-order valence-corrected chi connectivity index (χ3v) is 8.55. The van der Waals surface area contributed by atoms with E-state index in [0.717, 1.165) is 15.6 Å². The van der Waals surface area contributed by atoms with Gasteiger partial charge in [0, 0.05) is 46.0 Å². The molecule has 0 spiro atoms. The predicted octanol–water partition coefficient (Wildman–Crippen LogP) is 2.36. The van der Waals surface area contributed by atoms with Crippen LogP contribution in [0, 0.1) is 5.92 Å². The number of hydrogen-bond donors (Lipinski definition) is 1. The number of carbonyl (C=O) groups is 1. The van der Waals surface area contributed by atoms with Crippen molar-refractivity contribution in [1.82, 2.24) is 9.21 Å². The van der Waals surface area contributed by atoms with Gasteiger partial charge in [0.25, 0.3) is 5.91 Å². The zero-order valence-corrected chi connectivity index (χ0v) is 20.6. The Hall–Kier alpha value is -2.46. The van der Waals surface area contributed by atoms with E-state index in [1.807, 2.05) is 30.3 Å². The second-order valence-electron chi connectivity index (χ2n) is 9.05. The minimum Gasteiger partial charge on any atom is -0.388 e. The fraction of sp³-hybridized carbons (Fsp3) is 0.480. The number of benzene rings is 2. The van der Waals surface area contributed by atoms with Crippen LogP contribution in [0.4, 0.5) is 5.69 Å². The lowest BCUT2D eigenvalue weighted by Crippen LogP contribution is -2.42. The Bertz CT molecular complexity index is 1090. The standard InChI is InChI=1S/C25H33N3O5S/c1-26(2)34(31,32)21-8-9-23(27-14-16-33-17-15-27)22(18-21)25(30)28-12-10-20(11-13-28)24(29)19-6-4-3-5-7-19/h3-9,18,20,24,29H,10-17H2,1-2H3. The molecular formula is C25H33N3O5S. The van der Waals surface area contributed by atoms with Crippen LogP contribution in [0.1, 0.15) is 34.9 Å². The maximum atomic E-state index is 13.7. The van der Waals surface area contributed by atoms with Crippen molar-refractivity contribution in [2.75, 3.05) is 58.4 Å². The first-order valence-corrected chi connectivity index (χ1v) is 13.1. The summed E-state index contributed by atoms with van der Waals surface area (Å²) in [7, 11) is -0.712. The van der Waals surface area contributed by atoms with Crippen molar-refractivity contribution in [1.29, 1.82) is 0 Å². The molecule has 1 unspecified atom stereocenters. The third-order valence-electron chi connectivity index (χ3n) is 6.74. The summed E-state index contributed by atoms with van der Waals surface area (Å²) in [5, 5.41) is 10.8. The number of hydrogen-bond acceptors (Lipinski definition) is 6. The van der Waals surface area contributed by atoms with Crippen LogP contribution in [0.15, 0.2) is 53.4 Å². The lowest BCUT2D eigenvalue weighted by Gasteiger charge is -2.36. The number of likely N-dealkylation sites (tertiary alicyclic amines) is 1. The molecule has 0 saturated carbocycles. The van der Waals surface area contributed by atoms with E-state index in [4.69, 9.17) is 4.74 Å². The molecular weight excluding hydrogens is 454 g/mol. The smallest absolute Gasteiger partial charge is 0.256 e. The van der Waals surface area contributed by atoms with Gasteiger partial charge in [-0.3, -0.25) is 4.79 Å². The molecule has 2 aromatic rings. The van der Waals surface area contributed by atoms with E-state index < -0.39 is 16.1 Å². The lowest BCUT2D eigenvalue weighted by atomic mass is 9.87. The molecule has 2 saturated heterocycles. The molecule has 2 heterocycles. The van der Waals surface area contributed by atoms with Gasteiger partial charge in [-0.05, 0) is 42.5 Å². The van der Waals surface area contributed by atoms with Crippen LogP contribution < -0.4 is 4.90 Å². The number of ether oxygens (including phenoxy) is 1. The fourth-order valence-electron chi connectivity index (χ4n) is 4.65. The summed E-state index contributed by atoms with van der Waals surface area (Å²) < 4.78 is 32.1. The Morgan fingerprint density at radius 1 is 1.03 bits per heavy atom. The van der Waals surface area contributed by atoms with Crippen molar-refractivity contribution in [3.8, 4) is 0 Å². The number of amides is 1. The molecule has 1 amide bonds. The number of rotatable bonds is 6. The van der Waals surface area contributed by atoms with Crippen molar-refractivity contribution >= 4 is 21.6 Å². The molecule has 4 rings (SSSR count). The second-order valence-corrected chi connectivity index (χ2v) is 11.2. The zero-order valence-electron chi connectivity index (χ0n) is 19.8. The minimum atomic E-state index is -3.68. The first-order chi connectivity index (χ1) is 16.3. The molecule has 184 valence electrons. The van der Waals surface area contributed by atoms with Crippen molar-refractivity contribution in [2.45, 2.75) is 23.8 Å². The summed E-state index contributed by atoms with van der Waals surface area (Å²) in [6.07, 6.45) is 0.810. The van der Waals surface area contributed by atoms with Crippen LogP contribution in [0.5, 0.6) is 0 Å². The van der Waals surface area contributed by atoms with Crippen molar-refractivity contribution < 1.29 is 23.1 Å². The molecule has 1 N–H and O–H groups in total. The van der Waals surface area contributed by atoms with E-state index in [9.17, 15) is 18.3 Å². The average Bonchev–Trinajstić information content (AvgIpc) is 2.88. The number of aliphatic hydroxyl groups is 1. The Labute approximate surface area is 201 Å². The quantitative estimate of drug-likeness (QED) is 0.673. The van der Waals surface area contributed by atoms with Gasteiger partial charge in [-0.1, -0.05) is 30.3 Å². The van der Waals surface area contributed by atoms with Gasteiger partial charge >= 0.3 is 0 Å². The predicted molar refractivity (Wildman–Crippen MR) is 130 cm³/mol. The van der Waals surface area contributed by atoms with E-state index in [1.54, 1.807) is 17.0 Å². The number of piperidine rings is 1. The number of nitrogens with zero attached hydrogens (tertiary/aromatic N) is 3. The van der Waals surface area contributed by atoms with Crippen LogP contribution in [0.2, 0.25) is 0 Å². The summed E-state index contributed by atoms with van der Waals surface area (Å²) in [6.45, 7) is 3.44. The Balaban J connectivity index is 1.56. The van der Waals surface area contributed by atoms with Gasteiger partial charge in [-0.2, -0.15) is 0 Å². The SMILES string of the molecule is CN(C)S(=O)(=O)c1ccc(N2CCOCC2)c(C(=O)N2CCC(C(O)c3ccccc3)CC2)c1. The van der Waals surface area contributed by atoms with Crippen LogP contribution in [0.25, 0.3) is 0 Å². The third kappa shape index (κ3) is 5.12. The van der Waals surface area contributed by atoms with Crippen LogP contribution in [-0.4, -0.2) is 82.1 Å². The Kier molecular flexibility index (Phi) is 7.57. The van der Waals surface area contributed by atoms with E-state index >= 15 is 0 Å². The van der Waals surface area contributed by atoms with Gasteiger partial charge in [-0.25, -0.2) is 12.7 Å².